The number of nitrogens with one attached hydrogen (secondary N) is 1. The minimum Gasteiger partial charge on any atom is -0.507 e. The van der Waals surface area contributed by atoms with Crippen molar-refractivity contribution in [3.63, 3.8) is 0 Å². The van der Waals surface area contributed by atoms with Gasteiger partial charge in [-0.05, 0) is 25.1 Å². The SMILES string of the molecule is COc1ccc(O)c(C(=O)NCc2cnn(C)c2C)c1. The highest BCUT2D eigenvalue weighted by atomic mass is 16.5. The first-order chi connectivity index (χ1) is 9.52. The highest BCUT2D eigenvalue weighted by molar-refractivity contribution is 5.97. The van der Waals surface area contributed by atoms with Crippen molar-refractivity contribution >= 4 is 5.91 Å². The number of rotatable bonds is 4. The number of carbonyl (C=O) groups is 1. The molecule has 6 nitrogen and oxygen atoms in total. The molecule has 0 aliphatic carbocycles. The average Bonchev–Trinajstić information content (AvgIpc) is 2.77. The number of phenols is 1. The number of hydrogen-bond donors (Lipinski definition) is 2. The summed E-state index contributed by atoms with van der Waals surface area (Å²) in [4.78, 5) is 12.1. The number of aromatic hydroxyl groups is 1. The Balaban J connectivity index is 2.10. The molecule has 0 unspecified atom stereocenters. The van der Waals surface area contributed by atoms with Gasteiger partial charge >= 0.3 is 0 Å². The van der Waals surface area contributed by atoms with Crippen LogP contribution in [0.4, 0.5) is 0 Å². The Labute approximate surface area is 117 Å². The summed E-state index contributed by atoms with van der Waals surface area (Å²) in [5, 5.41) is 16.6. The van der Waals surface area contributed by atoms with Crippen LogP contribution in [0, 0.1) is 6.92 Å². The molecule has 1 amide bonds. The third-order valence-electron chi connectivity index (χ3n) is 3.22. The van der Waals surface area contributed by atoms with E-state index in [9.17, 15) is 9.90 Å². The van der Waals surface area contributed by atoms with Crippen molar-refractivity contribution in [2.24, 2.45) is 7.05 Å². The van der Waals surface area contributed by atoms with Crippen LogP contribution in [0.15, 0.2) is 24.4 Å². The lowest BCUT2D eigenvalue weighted by Crippen LogP contribution is -2.23. The summed E-state index contributed by atoms with van der Waals surface area (Å²) in [6.45, 7) is 2.28. The lowest BCUT2D eigenvalue weighted by atomic mass is 10.1. The number of benzene rings is 1. The van der Waals surface area contributed by atoms with Crippen LogP contribution in [0.5, 0.6) is 11.5 Å². The summed E-state index contributed by atoms with van der Waals surface area (Å²) in [5.74, 6) is 0.0846. The molecule has 1 heterocycles. The molecule has 0 aliphatic rings. The predicted molar refractivity (Wildman–Crippen MR) is 73.8 cm³/mol. The van der Waals surface area contributed by atoms with E-state index in [0.717, 1.165) is 11.3 Å². The first kappa shape index (κ1) is 13.9. The molecule has 0 bridgehead atoms. The van der Waals surface area contributed by atoms with E-state index >= 15 is 0 Å². The molecule has 2 rings (SSSR count). The fourth-order valence-corrected chi connectivity index (χ4v) is 1.81. The molecule has 1 aromatic heterocycles. The molecule has 106 valence electrons. The molecular formula is C14H17N3O3. The Hall–Kier alpha value is -2.50. The Morgan fingerprint density at radius 2 is 2.25 bits per heavy atom. The van der Waals surface area contributed by atoms with E-state index in [-0.39, 0.29) is 17.2 Å². The monoisotopic (exact) mass is 275 g/mol. The van der Waals surface area contributed by atoms with Crippen LogP contribution >= 0.6 is 0 Å². The van der Waals surface area contributed by atoms with Gasteiger partial charge in [0.05, 0.1) is 18.9 Å². The Morgan fingerprint density at radius 3 is 2.85 bits per heavy atom. The quantitative estimate of drug-likeness (QED) is 0.883. The zero-order chi connectivity index (χ0) is 14.7. The van der Waals surface area contributed by atoms with Gasteiger partial charge < -0.3 is 15.2 Å². The molecule has 0 aliphatic heterocycles. The van der Waals surface area contributed by atoms with Crippen LogP contribution < -0.4 is 10.1 Å². The molecule has 0 fully saturated rings. The highest BCUT2D eigenvalue weighted by Gasteiger charge is 2.13. The van der Waals surface area contributed by atoms with Gasteiger partial charge in [0.25, 0.3) is 5.91 Å². The summed E-state index contributed by atoms with van der Waals surface area (Å²) in [5.41, 5.74) is 2.11. The van der Waals surface area contributed by atoms with Gasteiger partial charge in [0.2, 0.25) is 0 Å². The predicted octanol–water partition coefficient (Wildman–Crippen LogP) is 1.37. The summed E-state index contributed by atoms with van der Waals surface area (Å²) < 4.78 is 6.78. The second-order valence-electron chi connectivity index (χ2n) is 4.44. The van der Waals surface area contributed by atoms with E-state index in [1.165, 1.54) is 19.2 Å². The van der Waals surface area contributed by atoms with Crippen molar-refractivity contribution in [3.05, 3.63) is 41.2 Å². The van der Waals surface area contributed by atoms with Gasteiger partial charge in [0, 0.05) is 24.8 Å². The van der Waals surface area contributed by atoms with Gasteiger partial charge in [-0.3, -0.25) is 9.48 Å². The van der Waals surface area contributed by atoms with Crippen LogP contribution in [0.1, 0.15) is 21.6 Å². The lowest BCUT2D eigenvalue weighted by Gasteiger charge is -2.08. The van der Waals surface area contributed by atoms with Gasteiger partial charge in [-0.15, -0.1) is 0 Å². The smallest absolute Gasteiger partial charge is 0.255 e. The maximum Gasteiger partial charge on any atom is 0.255 e. The van der Waals surface area contributed by atoms with Gasteiger partial charge in [-0.25, -0.2) is 0 Å². The van der Waals surface area contributed by atoms with Crippen molar-refractivity contribution < 1.29 is 14.6 Å². The summed E-state index contributed by atoms with van der Waals surface area (Å²) >= 11 is 0. The number of aryl methyl sites for hydroxylation is 1. The van der Waals surface area contributed by atoms with Crippen molar-refractivity contribution in [1.29, 1.82) is 0 Å². The van der Waals surface area contributed by atoms with E-state index in [2.05, 4.69) is 10.4 Å². The van der Waals surface area contributed by atoms with Gasteiger partial charge in [0.1, 0.15) is 11.5 Å². The fraction of sp³-hybridized carbons (Fsp3) is 0.286. The first-order valence-corrected chi connectivity index (χ1v) is 6.15. The highest BCUT2D eigenvalue weighted by Crippen LogP contribution is 2.22. The van der Waals surface area contributed by atoms with Crippen LogP contribution in [0.3, 0.4) is 0 Å². The zero-order valence-corrected chi connectivity index (χ0v) is 11.7. The molecule has 0 atom stereocenters. The van der Waals surface area contributed by atoms with E-state index in [1.807, 2.05) is 14.0 Å². The van der Waals surface area contributed by atoms with Crippen molar-refractivity contribution in [2.75, 3.05) is 7.11 Å². The number of carbonyl (C=O) groups excluding carboxylic acids is 1. The van der Waals surface area contributed by atoms with Crippen molar-refractivity contribution in [2.45, 2.75) is 13.5 Å². The van der Waals surface area contributed by atoms with Crippen molar-refractivity contribution in [1.82, 2.24) is 15.1 Å². The fourth-order valence-electron chi connectivity index (χ4n) is 1.81. The summed E-state index contributed by atoms with van der Waals surface area (Å²) in [7, 11) is 3.35. The van der Waals surface area contributed by atoms with E-state index in [0.29, 0.717) is 12.3 Å². The molecule has 0 radical (unpaired) electrons. The van der Waals surface area contributed by atoms with Gasteiger partial charge in [-0.1, -0.05) is 0 Å². The third kappa shape index (κ3) is 2.74. The normalized spacial score (nSPS) is 10.3. The average molecular weight is 275 g/mol. The number of hydrogen-bond acceptors (Lipinski definition) is 4. The molecule has 2 N–H and O–H groups in total. The van der Waals surface area contributed by atoms with Crippen molar-refractivity contribution in [3.8, 4) is 11.5 Å². The second kappa shape index (κ2) is 5.64. The lowest BCUT2D eigenvalue weighted by molar-refractivity contribution is 0.0948. The van der Waals surface area contributed by atoms with Gasteiger partial charge in [0.15, 0.2) is 0 Å². The van der Waals surface area contributed by atoms with Crippen LogP contribution in [0.25, 0.3) is 0 Å². The van der Waals surface area contributed by atoms with Crippen LogP contribution in [0.2, 0.25) is 0 Å². The number of amides is 1. The number of nitrogens with zero attached hydrogens (tertiary/aromatic N) is 2. The van der Waals surface area contributed by atoms with Crippen LogP contribution in [-0.4, -0.2) is 27.9 Å². The zero-order valence-electron chi connectivity index (χ0n) is 11.7. The van der Waals surface area contributed by atoms with Crippen LogP contribution in [-0.2, 0) is 13.6 Å². The minimum absolute atomic E-state index is 0.0776. The Kier molecular flexibility index (Phi) is 3.93. The molecular weight excluding hydrogens is 258 g/mol. The molecule has 0 spiro atoms. The number of methoxy groups -OCH3 is 1. The Morgan fingerprint density at radius 1 is 1.50 bits per heavy atom. The van der Waals surface area contributed by atoms with E-state index in [1.54, 1.807) is 16.9 Å². The molecule has 0 saturated heterocycles. The Bertz CT molecular complexity index is 635. The van der Waals surface area contributed by atoms with E-state index < -0.39 is 0 Å². The second-order valence-corrected chi connectivity index (χ2v) is 4.44. The summed E-state index contributed by atoms with van der Waals surface area (Å²) in [6.07, 6.45) is 1.71. The first-order valence-electron chi connectivity index (χ1n) is 6.15. The summed E-state index contributed by atoms with van der Waals surface area (Å²) in [6, 6.07) is 4.53. The topological polar surface area (TPSA) is 76.4 Å². The van der Waals surface area contributed by atoms with Gasteiger partial charge in [-0.2, -0.15) is 5.10 Å². The maximum atomic E-state index is 12.1. The number of ether oxygens (including phenoxy) is 1. The third-order valence-corrected chi connectivity index (χ3v) is 3.22. The molecule has 2 aromatic rings. The molecule has 0 saturated carbocycles. The largest absolute Gasteiger partial charge is 0.507 e. The van der Waals surface area contributed by atoms with E-state index in [4.69, 9.17) is 4.74 Å². The number of aromatic nitrogens is 2. The molecule has 20 heavy (non-hydrogen) atoms. The molecule has 1 aromatic carbocycles. The number of phenolic OH excluding ortho intramolecular Hbond substituents is 1. The minimum atomic E-state index is -0.357. The maximum absolute atomic E-state index is 12.1. The standard InChI is InChI=1S/C14H17N3O3/c1-9-10(8-16-17(9)2)7-15-14(19)12-6-11(20-3)4-5-13(12)18/h4-6,8,18H,7H2,1-3H3,(H,15,19). The molecule has 6 heteroatoms.